The van der Waals surface area contributed by atoms with E-state index in [0.717, 1.165) is 58.5 Å². The second-order valence-corrected chi connectivity index (χ2v) is 9.35. The maximum absolute atomic E-state index is 13.0. The van der Waals surface area contributed by atoms with Crippen LogP contribution in [0, 0.1) is 13.8 Å². The maximum atomic E-state index is 13.0. The lowest BCUT2D eigenvalue weighted by Crippen LogP contribution is -2.42. The molecule has 3 heterocycles. The number of benzene rings is 2. The molecule has 0 amide bonds. The topological polar surface area (TPSA) is 75.8 Å². The average molecular weight is 480 g/mol. The molecule has 1 atom stereocenters. The number of aromatic amines is 1. The van der Waals surface area contributed by atoms with Crippen LogP contribution in [-0.4, -0.2) is 41.0 Å². The van der Waals surface area contributed by atoms with E-state index >= 15 is 0 Å². The van der Waals surface area contributed by atoms with E-state index in [2.05, 4.69) is 16.4 Å². The molecule has 1 saturated heterocycles. The monoisotopic (exact) mass is 479 g/mol. The fraction of sp³-hybridized carbons (Fsp3) is 0.385. The molecule has 1 aromatic heterocycles. The number of aryl methyl sites for hydroxylation is 2. The van der Waals surface area contributed by atoms with Gasteiger partial charge in [-0.15, -0.1) is 0 Å². The van der Waals surface area contributed by atoms with Gasteiger partial charge in [0, 0.05) is 25.3 Å². The third-order valence-corrected chi connectivity index (χ3v) is 6.99. The van der Waals surface area contributed by atoms with Gasteiger partial charge in [-0.1, -0.05) is 18.2 Å². The molecule has 2 aliphatic heterocycles. The zero-order valence-corrected chi connectivity index (χ0v) is 20.3. The van der Waals surface area contributed by atoms with Gasteiger partial charge in [0.05, 0.1) is 18.2 Å². The van der Waals surface area contributed by atoms with Crippen LogP contribution in [0.2, 0.25) is 0 Å². The van der Waals surface area contributed by atoms with Crippen molar-refractivity contribution in [2.24, 2.45) is 0 Å². The molecule has 3 aromatic rings. The standard InChI is InChI=1S/C26H29N3O4S/c1-16-5-7-19-11-20(25(30)28-24(19)17(16)2)14-29(26(34)27-12-21-4-3-9-31-21)13-18-6-8-22-23(10-18)33-15-32-22/h5-8,10-11,21H,3-4,9,12-15H2,1-2H3,(H,27,34)(H,28,30)/t21-/m1/s1. The minimum Gasteiger partial charge on any atom is -0.454 e. The van der Waals surface area contributed by atoms with Gasteiger partial charge in [0.2, 0.25) is 6.79 Å². The lowest BCUT2D eigenvalue weighted by Gasteiger charge is -2.27. The fourth-order valence-corrected chi connectivity index (χ4v) is 4.68. The van der Waals surface area contributed by atoms with Crippen molar-refractivity contribution in [2.75, 3.05) is 19.9 Å². The summed E-state index contributed by atoms with van der Waals surface area (Å²) in [5.41, 5.74) is 4.72. The molecule has 5 rings (SSSR count). The van der Waals surface area contributed by atoms with Crippen molar-refractivity contribution in [3.8, 4) is 11.5 Å². The normalized spacial score (nSPS) is 16.7. The van der Waals surface area contributed by atoms with Crippen molar-refractivity contribution in [1.29, 1.82) is 0 Å². The Labute approximate surface area is 204 Å². The summed E-state index contributed by atoms with van der Waals surface area (Å²) in [4.78, 5) is 18.1. The van der Waals surface area contributed by atoms with E-state index in [4.69, 9.17) is 26.4 Å². The average Bonchev–Trinajstić information content (AvgIpc) is 3.52. The number of aromatic nitrogens is 1. The predicted octanol–water partition coefficient (Wildman–Crippen LogP) is 3.93. The third-order valence-electron chi connectivity index (χ3n) is 6.59. The van der Waals surface area contributed by atoms with E-state index in [9.17, 15) is 4.79 Å². The van der Waals surface area contributed by atoms with Gasteiger partial charge < -0.3 is 29.4 Å². The summed E-state index contributed by atoms with van der Waals surface area (Å²) in [5.74, 6) is 1.47. The minimum absolute atomic E-state index is 0.0983. The van der Waals surface area contributed by atoms with Crippen molar-refractivity contribution in [2.45, 2.75) is 45.9 Å². The van der Waals surface area contributed by atoms with Crippen molar-refractivity contribution in [1.82, 2.24) is 15.2 Å². The number of ether oxygens (including phenoxy) is 3. The number of fused-ring (bicyclic) bond motifs is 2. The second kappa shape index (κ2) is 9.64. The number of thiocarbonyl (C=S) groups is 1. The number of pyridine rings is 1. The minimum atomic E-state index is -0.0983. The Morgan fingerprint density at radius 2 is 2.00 bits per heavy atom. The summed E-state index contributed by atoms with van der Waals surface area (Å²) in [7, 11) is 0. The number of nitrogens with zero attached hydrogens (tertiary/aromatic N) is 1. The smallest absolute Gasteiger partial charge is 0.253 e. The summed E-state index contributed by atoms with van der Waals surface area (Å²) in [6.07, 6.45) is 2.27. The highest BCUT2D eigenvalue weighted by molar-refractivity contribution is 7.80. The second-order valence-electron chi connectivity index (χ2n) is 8.96. The van der Waals surface area contributed by atoms with Gasteiger partial charge in [-0.3, -0.25) is 4.79 Å². The first-order valence-electron chi connectivity index (χ1n) is 11.6. The molecule has 34 heavy (non-hydrogen) atoms. The highest BCUT2D eigenvalue weighted by atomic mass is 32.1. The van der Waals surface area contributed by atoms with Crippen molar-refractivity contribution >= 4 is 28.2 Å². The quantitative estimate of drug-likeness (QED) is 0.519. The zero-order valence-electron chi connectivity index (χ0n) is 19.5. The first kappa shape index (κ1) is 22.7. The Bertz CT molecular complexity index is 1280. The van der Waals surface area contributed by atoms with Gasteiger partial charge in [0.25, 0.3) is 5.56 Å². The first-order valence-corrected chi connectivity index (χ1v) is 12.0. The summed E-state index contributed by atoms with van der Waals surface area (Å²) in [5, 5.41) is 4.96. The van der Waals surface area contributed by atoms with Crippen LogP contribution in [0.4, 0.5) is 0 Å². The molecule has 1 fully saturated rings. The molecular weight excluding hydrogens is 450 g/mol. The molecule has 2 N–H and O–H groups in total. The first-order chi connectivity index (χ1) is 16.5. The van der Waals surface area contributed by atoms with Crippen molar-refractivity contribution in [3.05, 3.63) is 69.0 Å². The van der Waals surface area contributed by atoms with E-state index in [-0.39, 0.29) is 18.5 Å². The van der Waals surface area contributed by atoms with Gasteiger partial charge in [-0.2, -0.15) is 0 Å². The Morgan fingerprint density at radius 1 is 1.15 bits per heavy atom. The van der Waals surface area contributed by atoms with Crippen LogP contribution in [0.15, 0.2) is 41.2 Å². The van der Waals surface area contributed by atoms with Crippen molar-refractivity contribution in [3.63, 3.8) is 0 Å². The predicted molar refractivity (Wildman–Crippen MR) is 135 cm³/mol. The number of rotatable bonds is 6. The number of nitrogens with one attached hydrogen (secondary N) is 2. The molecule has 0 unspecified atom stereocenters. The third kappa shape index (κ3) is 4.74. The number of hydrogen-bond donors (Lipinski definition) is 2. The molecule has 2 aliphatic rings. The molecule has 0 aliphatic carbocycles. The highest BCUT2D eigenvalue weighted by Crippen LogP contribution is 2.33. The molecule has 7 nitrogen and oxygen atoms in total. The van der Waals surface area contributed by atoms with Gasteiger partial charge >= 0.3 is 0 Å². The number of hydrogen-bond acceptors (Lipinski definition) is 5. The van der Waals surface area contributed by atoms with Crippen molar-refractivity contribution < 1.29 is 14.2 Å². The zero-order chi connectivity index (χ0) is 23.7. The largest absolute Gasteiger partial charge is 0.454 e. The van der Waals surface area contributed by atoms with E-state index in [1.165, 1.54) is 0 Å². The fourth-order valence-electron chi connectivity index (χ4n) is 4.47. The van der Waals surface area contributed by atoms with Crippen LogP contribution in [0.25, 0.3) is 10.9 Å². The lowest BCUT2D eigenvalue weighted by atomic mass is 10.0. The van der Waals surface area contributed by atoms with Crippen LogP contribution in [0.3, 0.4) is 0 Å². The number of H-pyrrole nitrogens is 1. The Morgan fingerprint density at radius 3 is 2.82 bits per heavy atom. The Hall–Kier alpha value is -3.10. The lowest BCUT2D eigenvalue weighted by molar-refractivity contribution is 0.113. The molecule has 0 spiro atoms. The molecular formula is C26H29N3O4S. The maximum Gasteiger partial charge on any atom is 0.253 e. The molecule has 178 valence electrons. The van der Waals surface area contributed by atoms with E-state index in [0.29, 0.717) is 30.3 Å². The molecule has 0 bridgehead atoms. The summed E-state index contributed by atoms with van der Waals surface area (Å²) in [6.45, 7) is 6.67. The van der Waals surface area contributed by atoms with E-state index < -0.39 is 0 Å². The molecule has 0 radical (unpaired) electrons. The summed E-state index contributed by atoms with van der Waals surface area (Å²) in [6, 6.07) is 12.0. The van der Waals surface area contributed by atoms with Crippen LogP contribution < -0.4 is 20.3 Å². The van der Waals surface area contributed by atoms with E-state index in [1.54, 1.807) is 0 Å². The van der Waals surface area contributed by atoms with E-state index in [1.807, 2.05) is 49.1 Å². The van der Waals surface area contributed by atoms with Crippen LogP contribution >= 0.6 is 12.2 Å². The van der Waals surface area contributed by atoms with Crippen LogP contribution in [0.1, 0.15) is 35.1 Å². The van der Waals surface area contributed by atoms with Gasteiger partial charge in [-0.25, -0.2) is 0 Å². The molecule has 8 heteroatoms. The Kier molecular flexibility index (Phi) is 6.43. The van der Waals surface area contributed by atoms with Gasteiger partial charge in [0.15, 0.2) is 16.6 Å². The molecule has 0 saturated carbocycles. The van der Waals surface area contributed by atoms with Gasteiger partial charge in [-0.05, 0) is 79.2 Å². The highest BCUT2D eigenvalue weighted by Gasteiger charge is 2.20. The van der Waals surface area contributed by atoms with Gasteiger partial charge in [0.1, 0.15) is 0 Å². The Balaban J connectivity index is 1.41. The summed E-state index contributed by atoms with van der Waals surface area (Å²) >= 11 is 5.78. The van der Waals surface area contributed by atoms with Crippen LogP contribution in [-0.2, 0) is 17.8 Å². The summed E-state index contributed by atoms with van der Waals surface area (Å²) < 4.78 is 16.7. The SMILES string of the molecule is Cc1ccc2cc(CN(Cc3ccc4c(c3)OCO4)C(=S)NC[C@H]3CCCO3)c(=O)[nH]c2c1C. The van der Waals surface area contributed by atoms with Crippen LogP contribution in [0.5, 0.6) is 11.5 Å². The molecule has 2 aromatic carbocycles.